The predicted molar refractivity (Wildman–Crippen MR) is 42.5 cm³/mol. The van der Waals surface area contributed by atoms with Crippen LogP contribution in [0, 0.1) is 0 Å². The number of hydrogen-bond donors (Lipinski definition) is 1. The van der Waals surface area contributed by atoms with E-state index in [2.05, 4.69) is 10.1 Å². The van der Waals surface area contributed by atoms with E-state index in [-0.39, 0.29) is 5.75 Å². The standard InChI is InChI=1S/C5H10N4O2S/c1-2-9-5(7-4-8-9)3-12(6,10)11/h4H,2-3H2,1H3,(H2,6,10,11). The largest absolute Gasteiger partial charge is 0.249 e. The average Bonchev–Trinajstić information content (AvgIpc) is 2.31. The van der Waals surface area contributed by atoms with Gasteiger partial charge in [0.05, 0.1) is 0 Å². The zero-order valence-electron chi connectivity index (χ0n) is 6.64. The second-order valence-electron chi connectivity index (χ2n) is 2.30. The minimum absolute atomic E-state index is 0.263. The van der Waals surface area contributed by atoms with E-state index in [0.717, 1.165) is 0 Å². The first-order valence-corrected chi connectivity index (χ1v) is 5.11. The minimum Gasteiger partial charge on any atom is -0.249 e. The van der Waals surface area contributed by atoms with Crippen molar-refractivity contribution in [2.45, 2.75) is 19.2 Å². The van der Waals surface area contributed by atoms with Crippen LogP contribution in [-0.2, 0) is 22.3 Å². The van der Waals surface area contributed by atoms with Crippen LogP contribution in [-0.4, -0.2) is 23.2 Å². The van der Waals surface area contributed by atoms with E-state index < -0.39 is 10.0 Å². The summed E-state index contributed by atoms with van der Waals surface area (Å²) in [5.74, 6) is 0.112. The lowest BCUT2D eigenvalue weighted by molar-refractivity contribution is 0.585. The smallest absolute Gasteiger partial charge is 0.216 e. The van der Waals surface area contributed by atoms with Crippen molar-refractivity contribution in [1.82, 2.24) is 14.8 Å². The highest BCUT2D eigenvalue weighted by Gasteiger charge is 2.10. The molecule has 0 aliphatic heterocycles. The topological polar surface area (TPSA) is 90.9 Å². The molecule has 7 heteroatoms. The number of hydrogen-bond acceptors (Lipinski definition) is 4. The summed E-state index contributed by atoms with van der Waals surface area (Å²) in [5.41, 5.74) is 0. The number of rotatable bonds is 3. The normalized spacial score (nSPS) is 11.8. The summed E-state index contributed by atoms with van der Waals surface area (Å²) < 4.78 is 22.8. The third-order valence-electron chi connectivity index (χ3n) is 1.33. The molecule has 0 amide bonds. The molecule has 68 valence electrons. The fourth-order valence-corrected chi connectivity index (χ4v) is 1.43. The monoisotopic (exact) mass is 190 g/mol. The summed E-state index contributed by atoms with van der Waals surface area (Å²) in [4.78, 5) is 3.77. The maximum Gasteiger partial charge on any atom is 0.216 e. The molecule has 0 aliphatic rings. The molecule has 0 saturated heterocycles. The Bertz CT molecular complexity index is 355. The number of aryl methyl sites for hydroxylation is 1. The van der Waals surface area contributed by atoms with Gasteiger partial charge in [0.2, 0.25) is 10.0 Å². The van der Waals surface area contributed by atoms with Crippen LogP contribution in [0.15, 0.2) is 6.33 Å². The summed E-state index contributed by atoms with van der Waals surface area (Å²) in [6.07, 6.45) is 1.31. The molecule has 0 atom stereocenters. The molecule has 0 fully saturated rings. The Labute approximate surface area is 70.5 Å². The van der Waals surface area contributed by atoms with Crippen LogP contribution in [0.5, 0.6) is 0 Å². The average molecular weight is 190 g/mol. The number of primary sulfonamides is 1. The van der Waals surface area contributed by atoms with Gasteiger partial charge in [-0.15, -0.1) is 0 Å². The van der Waals surface area contributed by atoms with E-state index in [9.17, 15) is 8.42 Å². The van der Waals surface area contributed by atoms with Crippen LogP contribution in [0.2, 0.25) is 0 Å². The van der Waals surface area contributed by atoms with Gasteiger partial charge in [0.25, 0.3) is 0 Å². The molecule has 0 bridgehead atoms. The maximum absolute atomic E-state index is 10.7. The third-order valence-corrected chi connectivity index (χ3v) is 1.99. The van der Waals surface area contributed by atoms with E-state index in [1.807, 2.05) is 6.92 Å². The van der Waals surface area contributed by atoms with E-state index >= 15 is 0 Å². The van der Waals surface area contributed by atoms with Crippen LogP contribution < -0.4 is 5.14 Å². The molecule has 1 aromatic rings. The van der Waals surface area contributed by atoms with Crippen molar-refractivity contribution in [3.63, 3.8) is 0 Å². The molecule has 0 radical (unpaired) electrons. The summed E-state index contributed by atoms with van der Waals surface area (Å²) in [6.45, 7) is 2.44. The Balaban J connectivity index is 2.89. The lowest BCUT2D eigenvalue weighted by Gasteiger charge is -1.99. The Morgan fingerprint density at radius 2 is 2.33 bits per heavy atom. The SMILES string of the molecule is CCn1ncnc1CS(N)(=O)=O. The van der Waals surface area contributed by atoms with Gasteiger partial charge in [-0.05, 0) is 6.92 Å². The molecule has 0 unspecified atom stereocenters. The molecule has 0 aliphatic carbocycles. The van der Waals surface area contributed by atoms with Gasteiger partial charge in [-0.2, -0.15) is 5.10 Å². The minimum atomic E-state index is -3.50. The van der Waals surface area contributed by atoms with Gasteiger partial charge < -0.3 is 0 Å². The molecular formula is C5H10N4O2S. The molecule has 0 saturated carbocycles. The van der Waals surface area contributed by atoms with Gasteiger partial charge in [0.15, 0.2) is 0 Å². The highest BCUT2D eigenvalue weighted by Crippen LogP contribution is 1.97. The van der Waals surface area contributed by atoms with E-state index in [1.54, 1.807) is 0 Å². The van der Waals surface area contributed by atoms with Crippen molar-refractivity contribution < 1.29 is 8.42 Å². The van der Waals surface area contributed by atoms with Crippen LogP contribution in [0.25, 0.3) is 0 Å². The van der Waals surface area contributed by atoms with Crippen molar-refractivity contribution in [1.29, 1.82) is 0 Å². The van der Waals surface area contributed by atoms with Crippen LogP contribution in [0.4, 0.5) is 0 Å². The third kappa shape index (κ3) is 2.28. The van der Waals surface area contributed by atoms with Crippen LogP contribution >= 0.6 is 0 Å². The number of nitrogens with zero attached hydrogens (tertiary/aromatic N) is 3. The molecule has 1 rings (SSSR count). The van der Waals surface area contributed by atoms with Crippen molar-refractivity contribution in [2.75, 3.05) is 0 Å². The number of nitrogens with two attached hydrogens (primary N) is 1. The summed E-state index contributed by atoms with van der Waals surface area (Å²) in [6, 6.07) is 0. The number of aromatic nitrogens is 3. The van der Waals surface area contributed by atoms with Crippen LogP contribution in [0.3, 0.4) is 0 Å². The molecular weight excluding hydrogens is 180 g/mol. The second-order valence-corrected chi connectivity index (χ2v) is 3.91. The zero-order valence-corrected chi connectivity index (χ0v) is 7.45. The quantitative estimate of drug-likeness (QED) is 0.667. The Morgan fingerprint density at radius 1 is 1.67 bits per heavy atom. The molecule has 0 aromatic carbocycles. The fourth-order valence-electron chi connectivity index (χ4n) is 0.844. The van der Waals surface area contributed by atoms with Crippen LogP contribution in [0.1, 0.15) is 12.7 Å². The van der Waals surface area contributed by atoms with E-state index in [1.165, 1.54) is 11.0 Å². The van der Waals surface area contributed by atoms with Crippen molar-refractivity contribution in [2.24, 2.45) is 5.14 Å². The van der Waals surface area contributed by atoms with E-state index in [4.69, 9.17) is 5.14 Å². The predicted octanol–water partition coefficient (Wildman–Crippen LogP) is -0.913. The Kier molecular flexibility index (Phi) is 2.43. The first-order valence-electron chi connectivity index (χ1n) is 3.40. The van der Waals surface area contributed by atoms with E-state index in [0.29, 0.717) is 12.4 Å². The van der Waals surface area contributed by atoms with Gasteiger partial charge in [0, 0.05) is 6.54 Å². The summed E-state index contributed by atoms with van der Waals surface area (Å²) >= 11 is 0. The number of sulfonamides is 1. The second kappa shape index (κ2) is 3.20. The van der Waals surface area contributed by atoms with Crippen molar-refractivity contribution >= 4 is 10.0 Å². The lowest BCUT2D eigenvalue weighted by Crippen LogP contribution is -2.18. The van der Waals surface area contributed by atoms with Crippen molar-refractivity contribution in [3.05, 3.63) is 12.2 Å². The molecule has 1 aromatic heterocycles. The van der Waals surface area contributed by atoms with Gasteiger partial charge in [-0.25, -0.2) is 23.2 Å². The van der Waals surface area contributed by atoms with Gasteiger partial charge in [-0.3, -0.25) is 0 Å². The van der Waals surface area contributed by atoms with Crippen molar-refractivity contribution in [3.8, 4) is 0 Å². The highest BCUT2D eigenvalue weighted by molar-refractivity contribution is 7.88. The molecule has 2 N–H and O–H groups in total. The molecule has 1 heterocycles. The fraction of sp³-hybridized carbons (Fsp3) is 0.600. The Morgan fingerprint density at radius 3 is 2.83 bits per heavy atom. The molecule has 6 nitrogen and oxygen atoms in total. The maximum atomic E-state index is 10.7. The first-order chi connectivity index (χ1) is 5.53. The highest BCUT2D eigenvalue weighted by atomic mass is 32.2. The van der Waals surface area contributed by atoms with Gasteiger partial charge >= 0.3 is 0 Å². The zero-order chi connectivity index (χ0) is 9.19. The summed E-state index contributed by atoms with van der Waals surface area (Å²) in [7, 11) is -3.50. The van der Waals surface area contributed by atoms with Gasteiger partial charge in [-0.1, -0.05) is 0 Å². The summed E-state index contributed by atoms with van der Waals surface area (Å²) in [5, 5.41) is 8.65. The lowest BCUT2D eigenvalue weighted by atomic mass is 10.6. The Hall–Kier alpha value is -0.950. The first kappa shape index (κ1) is 9.14. The van der Waals surface area contributed by atoms with Gasteiger partial charge in [0.1, 0.15) is 17.9 Å². The molecule has 12 heavy (non-hydrogen) atoms. The molecule has 0 spiro atoms.